The zero-order valence-corrected chi connectivity index (χ0v) is 10.2. The topological polar surface area (TPSA) is 48.1 Å². The van der Waals surface area contributed by atoms with Crippen molar-refractivity contribution in [2.24, 2.45) is 5.73 Å². The van der Waals surface area contributed by atoms with Crippen molar-refractivity contribution in [2.45, 2.75) is 38.6 Å². The molecule has 1 fully saturated rings. The number of hydrogen-bond acceptors (Lipinski definition) is 4. The summed E-state index contributed by atoms with van der Waals surface area (Å²) in [5.74, 6) is 0. The summed E-state index contributed by atoms with van der Waals surface area (Å²) in [6.07, 6.45) is 2.15. The number of thiazole rings is 1. The Bertz CT molecular complexity index is 342. The van der Waals surface area contributed by atoms with Gasteiger partial charge in [0.2, 0.25) is 0 Å². The Hall–Kier alpha value is -0.450. The second-order valence-electron chi connectivity index (χ2n) is 4.40. The predicted octanol–water partition coefficient (Wildman–Crippen LogP) is 1.98. The Balaban J connectivity index is 2.27. The number of nitrogens with two attached hydrogens (primary N) is 1. The number of rotatable bonds is 2. The molecule has 2 rings (SSSR count). The van der Waals surface area contributed by atoms with Crippen LogP contribution in [0.5, 0.6) is 0 Å². The lowest BCUT2D eigenvalue weighted by molar-refractivity contribution is 0.0563. The van der Waals surface area contributed by atoms with Crippen molar-refractivity contribution < 1.29 is 4.74 Å². The smallest absolute Gasteiger partial charge is 0.0992 e. The van der Waals surface area contributed by atoms with E-state index in [1.807, 2.05) is 6.92 Å². The molecule has 0 saturated carbocycles. The minimum absolute atomic E-state index is 0.209. The molecule has 15 heavy (non-hydrogen) atoms. The van der Waals surface area contributed by atoms with Gasteiger partial charge in [-0.1, -0.05) is 6.92 Å². The van der Waals surface area contributed by atoms with E-state index in [0.717, 1.165) is 31.7 Å². The monoisotopic (exact) mass is 226 g/mol. The van der Waals surface area contributed by atoms with E-state index in [9.17, 15) is 0 Å². The fraction of sp³-hybridized carbons (Fsp3) is 0.727. The molecule has 1 aromatic rings. The van der Waals surface area contributed by atoms with Crippen LogP contribution in [0.4, 0.5) is 0 Å². The fourth-order valence-corrected chi connectivity index (χ4v) is 3.05. The minimum Gasteiger partial charge on any atom is -0.381 e. The molecule has 1 aromatic heterocycles. The number of nitrogens with zero attached hydrogens (tertiary/aromatic N) is 1. The third-order valence-electron chi connectivity index (χ3n) is 3.19. The van der Waals surface area contributed by atoms with Crippen molar-refractivity contribution in [2.75, 3.05) is 13.2 Å². The number of aromatic nitrogens is 1. The fourth-order valence-electron chi connectivity index (χ4n) is 1.91. The molecule has 0 aliphatic carbocycles. The molecule has 1 aliphatic rings. The van der Waals surface area contributed by atoms with Crippen molar-refractivity contribution in [3.63, 3.8) is 0 Å². The molecule has 84 valence electrons. The van der Waals surface area contributed by atoms with E-state index in [4.69, 9.17) is 10.5 Å². The van der Waals surface area contributed by atoms with E-state index in [1.54, 1.807) is 11.3 Å². The lowest BCUT2D eigenvalue weighted by Gasteiger charge is -2.31. The molecule has 2 N–H and O–H groups in total. The van der Waals surface area contributed by atoms with Crippen LogP contribution in [0.2, 0.25) is 0 Å². The summed E-state index contributed by atoms with van der Waals surface area (Å²) in [4.78, 5) is 5.88. The van der Waals surface area contributed by atoms with Crippen LogP contribution in [0.3, 0.4) is 0 Å². The molecule has 3 nitrogen and oxygen atoms in total. The molecule has 1 saturated heterocycles. The number of ether oxygens (including phenoxy) is 1. The van der Waals surface area contributed by atoms with Crippen LogP contribution in [0.1, 0.15) is 35.3 Å². The molecule has 0 spiro atoms. The van der Waals surface area contributed by atoms with Crippen LogP contribution >= 0.6 is 11.3 Å². The minimum atomic E-state index is 0.209. The first kappa shape index (κ1) is 11.0. The lowest BCUT2D eigenvalue weighted by Crippen LogP contribution is -2.30. The molecule has 4 heteroatoms. The van der Waals surface area contributed by atoms with Gasteiger partial charge in [0.25, 0.3) is 0 Å². The summed E-state index contributed by atoms with van der Waals surface area (Å²) in [5, 5.41) is 1.24. The molecular formula is C11H18N2OS. The predicted molar refractivity (Wildman–Crippen MR) is 62.1 cm³/mol. The SMILES string of the molecule is Cc1nc(C2(C)CCOCC2)sc1CN. The zero-order chi connectivity index (χ0) is 10.9. The van der Waals surface area contributed by atoms with E-state index in [1.165, 1.54) is 9.88 Å². The second kappa shape index (κ2) is 4.20. The van der Waals surface area contributed by atoms with Gasteiger partial charge < -0.3 is 10.5 Å². The average molecular weight is 226 g/mol. The molecule has 0 aromatic carbocycles. The quantitative estimate of drug-likeness (QED) is 0.839. The Morgan fingerprint density at radius 3 is 2.67 bits per heavy atom. The van der Waals surface area contributed by atoms with Gasteiger partial charge in [0.05, 0.1) is 10.7 Å². The van der Waals surface area contributed by atoms with E-state index < -0.39 is 0 Å². The molecule has 0 amide bonds. The Kier molecular flexibility index (Phi) is 3.09. The summed E-state index contributed by atoms with van der Waals surface area (Å²) < 4.78 is 5.40. The van der Waals surface area contributed by atoms with Gasteiger partial charge in [-0.3, -0.25) is 0 Å². The van der Waals surface area contributed by atoms with Gasteiger partial charge in [-0.15, -0.1) is 11.3 Å². The average Bonchev–Trinajstić information content (AvgIpc) is 2.61. The first-order valence-corrected chi connectivity index (χ1v) is 6.22. The van der Waals surface area contributed by atoms with Gasteiger partial charge in [0, 0.05) is 30.1 Å². The van der Waals surface area contributed by atoms with E-state index in [-0.39, 0.29) is 5.41 Å². The first-order chi connectivity index (χ1) is 7.15. The largest absolute Gasteiger partial charge is 0.381 e. The molecule has 0 bridgehead atoms. The van der Waals surface area contributed by atoms with Crippen molar-refractivity contribution in [3.05, 3.63) is 15.6 Å². The highest BCUT2D eigenvalue weighted by Crippen LogP contribution is 2.37. The van der Waals surface area contributed by atoms with Crippen molar-refractivity contribution in [3.8, 4) is 0 Å². The van der Waals surface area contributed by atoms with Gasteiger partial charge in [0.15, 0.2) is 0 Å². The summed E-state index contributed by atoms with van der Waals surface area (Å²) in [6.45, 7) is 6.65. The molecule has 0 unspecified atom stereocenters. The molecule has 1 aliphatic heterocycles. The second-order valence-corrected chi connectivity index (χ2v) is 5.49. The van der Waals surface area contributed by atoms with Crippen LogP contribution in [-0.2, 0) is 16.7 Å². The summed E-state index contributed by atoms with van der Waals surface area (Å²) in [7, 11) is 0. The van der Waals surface area contributed by atoms with Gasteiger partial charge in [-0.05, 0) is 19.8 Å². The van der Waals surface area contributed by atoms with Gasteiger partial charge in [0.1, 0.15) is 0 Å². The van der Waals surface area contributed by atoms with Gasteiger partial charge in [-0.2, -0.15) is 0 Å². The van der Waals surface area contributed by atoms with Gasteiger partial charge >= 0.3 is 0 Å². The van der Waals surface area contributed by atoms with Crippen LogP contribution in [-0.4, -0.2) is 18.2 Å². The van der Waals surface area contributed by atoms with Gasteiger partial charge in [-0.25, -0.2) is 4.98 Å². The van der Waals surface area contributed by atoms with Crippen LogP contribution in [0.15, 0.2) is 0 Å². The van der Waals surface area contributed by atoms with Crippen LogP contribution in [0, 0.1) is 6.92 Å². The molecular weight excluding hydrogens is 208 g/mol. The lowest BCUT2D eigenvalue weighted by atomic mass is 9.83. The highest BCUT2D eigenvalue weighted by atomic mass is 32.1. The summed E-state index contributed by atoms with van der Waals surface area (Å²) in [6, 6.07) is 0. The zero-order valence-electron chi connectivity index (χ0n) is 9.38. The third-order valence-corrected chi connectivity index (χ3v) is 4.68. The maximum Gasteiger partial charge on any atom is 0.0992 e. The van der Waals surface area contributed by atoms with Crippen molar-refractivity contribution in [1.29, 1.82) is 0 Å². The number of aryl methyl sites for hydroxylation is 1. The Morgan fingerprint density at radius 1 is 1.47 bits per heavy atom. The maximum atomic E-state index is 5.68. The highest BCUT2D eigenvalue weighted by molar-refractivity contribution is 7.11. The highest BCUT2D eigenvalue weighted by Gasteiger charge is 2.32. The maximum absolute atomic E-state index is 5.68. The normalized spacial score (nSPS) is 20.5. The van der Waals surface area contributed by atoms with Crippen molar-refractivity contribution in [1.82, 2.24) is 4.98 Å². The number of hydrogen-bond donors (Lipinski definition) is 1. The van der Waals surface area contributed by atoms with Crippen LogP contribution < -0.4 is 5.73 Å². The molecule has 0 atom stereocenters. The van der Waals surface area contributed by atoms with E-state index >= 15 is 0 Å². The van der Waals surface area contributed by atoms with Crippen molar-refractivity contribution >= 4 is 11.3 Å². The summed E-state index contributed by atoms with van der Waals surface area (Å²) in [5.41, 5.74) is 6.99. The Morgan fingerprint density at radius 2 is 2.13 bits per heavy atom. The molecule has 2 heterocycles. The summed E-state index contributed by atoms with van der Waals surface area (Å²) >= 11 is 1.77. The van der Waals surface area contributed by atoms with E-state index in [2.05, 4.69) is 11.9 Å². The van der Waals surface area contributed by atoms with E-state index in [0.29, 0.717) is 6.54 Å². The molecule has 0 radical (unpaired) electrons. The third kappa shape index (κ3) is 2.07. The first-order valence-electron chi connectivity index (χ1n) is 5.40. The van der Waals surface area contributed by atoms with Crippen LogP contribution in [0.25, 0.3) is 0 Å². The standard InChI is InChI=1S/C11H18N2OS/c1-8-9(7-12)15-10(13-8)11(2)3-5-14-6-4-11/h3-7,12H2,1-2H3. The Labute approximate surface area is 94.7 Å².